The van der Waals surface area contributed by atoms with Gasteiger partial charge in [0.15, 0.2) is 0 Å². The lowest BCUT2D eigenvalue weighted by Gasteiger charge is -2.10. The Morgan fingerprint density at radius 2 is 1.61 bits per heavy atom. The topological polar surface area (TPSA) is 12.0 Å². The maximum atomic E-state index is 6.08. The van der Waals surface area contributed by atoms with Crippen molar-refractivity contribution in [3.8, 4) is 0 Å². The normalized spacial score (nSPS) is 10.4. The highest BCUT2D eigenvalue weighted by atomic mass is 79.9. The Balaban J connectivity index is 2.11. The molecule has 0 aliphatic carbocycles. The molecule has 1 N–H and O–H groups in total. The maximum Gasteiger partial charge on any atom is 0.0652 e. The highest BCUT2D eigenvalue weighted by Crippen LogP contribution is 2.27. The third kappa shape index (κ3) is 3.55. The number of nitrogens with one attached hydrogen (secondary N) is 1. The van der Waals surface area contributed by atoms with Gasteiger partial charge in [0, 0.05) is 21.1 Å². The van der Waals surface area contributed by atoms with Crippen molar-refractivity contribution in [3.63, 3.8) is 0 Å². The molecule has 0 aliphatic rings. The van der Waals surface area contributed by atoms with Gasteiger partial charge in [0.25, 0.3) is 0 Å². The Kier molecular flexibility index (Phi) is 4.79. The Labute approximate surface area is 129 Å². The van der Waals surface area contributed by atoms with Crippen molar-refractivity contribution >= 4 is 56.4 Å². The van der Waals surface area contributed by atoms with Gasteiger partial charge in [-0.2, -0.15) is 0 Å². The van der Waals surface area contributed by atoms with E-state index in [9.17, 15) is 0 Å². The van der Waals surface area contributed by atoms with Crippen LogP contribution in [0.25, 0.3) is 0 Å². The zero-order valence-corrected chi connectivity index (χ0v) is 13.0. The van der Waals surface area contributed by atoms with Gasteiger partial charge in [-0.15, -0.1) is 0 Å². The summed E-state index contributed by atoms with van der Waals surface area (Å²) in [6, 6.07) is 11.0. The zero-order valence-electron chi connectivity index (χ0n) is 9.18. The van der Waals surface area contributed by atoms with E-state index >= 15 is 0 Å². The summed E-state index contributed by atoms with van der Waals surface area (Å²) in [7, 11) is 0. The molecule has 0 radical (unpaired) electrons. The van der Waals surface area contributed by atoms with E-state index in [1.807, 2.05) is 24.3 Å². The van der Waals surface area contributed by atoms with Gasteiger partial charge in [0.1, 0.15) is 0 Å². The third-order valence-electron chi connectivity index (χ3n) is 2.42. The number of benzene rings is 2. The number of hydrogen-bond donors (Lipinski definition) is 1. The zero-order chi connectivity index (χ0) is 13.1. The van der Waals surface area contributed by atoms with Crippen molar-refractivity contribution < 1.29 is 0 Å². The first kappa shape index (κ1) is 14.0. The summed E-state index contributed by atoms with van der Waals surface area (Å²) in [6.07, 6.45) is 0. The molecule has 0 aliphatic heterocycles. The van der Waals surface area contributed by atoms with Crippen molar-refractivity contribution in [3.05, 3.63) is 61.5 Å². The van der Waals surface area contributed by atoms with Crippen molar-refractivity contribution in [2.24, 2.45) is 0 Å². The standard InChI is InChI=1S/C13H9BrCl3N/c14-11-5-9(15)2-1-8(11)7-18-13-4-3-10(16)6-12(13)17/h1-6,18H,7H2. The summed E-state index contributed by atoms with van der Waals surface area (Å²) in [5, 5.41) is 5.18. The molecule has 0 unspecified atom stereocenters. The van der Waals surface area contributed by atoms with Crippen molar-refractivity contribution in [2.45, 2.75) is 6.54 Å². The number of anilines is 1. The largest absolute Gasteiger partial charge is 0.380 e. The van der Waals surface area contributed by atoms with Crippen LogP contribution in [0.1, 0.15) is 5.56 Å². The van der Waals surface area contributed by atoms with Crippen LogP contribution in [-0.2, 0) is 6.54 Å². The fraction of sp³-hybridized carbons (Fsp3) is 0.0769. The van der Waals surface area contributed by atoms with Gasteiger partial charge < -0.3 is 5.32 Å². The molecule has 0 fully saturated rings. The van der Waals surface area contributed by atoms with Crippen LogP contribution < -0.4 is 5.32 Å². The third-order valence-corrected chi connectivity index (χ3v) is 3.94. The molecule has 0 bridgehead atoms. The van der Waals surface area contributed by atoms with Crippen LogP contribution in [0.3, 0.4) is 0 Å². The molecule has 5 heteroatoms. The van der Waals surface area contributed by atoms with E-state index in [0.29, 0.717) is 21.6 Å². The molecule has 0 saturated heterocycles. The van der Waals surface area contributed by atoms with E-state index in [4.69, 9.17) is 34.8 Å². The first-order valence-electron chi connectivity index (χ1n) is 5.19. The molecular weight excluding hydrogens is 356 g/mol. The minimum Gasteiger partial charge on any atom is -0.380 e. The predicted molar refractivity (Wildman–Crippen MR) is 82.9 cm³/mol. The predicted octanol–water partition coefficient (Wildman–Crippen LogP) is 6.02. The van der Waals surface area contributed by atoms with Crippen molar-refractivity contribution in [2.75, 3.05) is 5.32 Å². The molecule has 94 valence electrons. The molecule has 0 heterocycles. The number of hydrogen-bond acceptors (Lipinski definition) is 1. The van der Waals surface area contributed by atoms with Crippen LogP contribution in [0.4, 0.5) is 5.69 Å². The molecule has 0 aromatic heterocycles. The number of halogens is 4. The van der Waals surface area contributed by atoms with Crippen molar-refractivity contribution in [1.82, 2.24) is 0 Å². The average Bonchev–Trinajstić information content (AvgIpc) is 2.30. The SMILES string of the molecule is Clc1ccc(NCc2ccc(Cl)cc2Br)c(Cl)c1. The van der Waals surface area contributed by atoms with Crippen LogP contribution in [0, 0.1) is 0 Å². The van der Waals surface area contributed by atoms with E-state index < -0.39 is 0 Å². The first-order chi connectivity index (χ1) is 8.56. The summed E-state index contributed by atoms with van der Waals surface area (Å²) in [4.78, 5) is 0. The van der Waals surface area contributed by atoms with E-state index in [2.05, 4.69) is 21.2 Å². The van der Waals surface area contributed by atoms with Gasteiger partial charge in [-0.3, -0.25) is 0 Å². The van der Waals surface area contributed by atoms with Crippen LogP contribution in [0.2, 0.25) is 15.1 Å². The summed E-state index contributed by atoms with van der Waals surface area (Å²) in [6.45, 7) is 0.652. The molecule has 0 saturated carbocycles. The highest BCUT2D eigenvalue weighted by molar-refractivity contribution is 9.10. The molecule has 2 rings (SSSR count). The second kappa shape index (κ2) is 6.16. The second-order valence-corrected chi connectivity index (χ2v) is 5.85. The maximum absolute atomic E-state index is 6.08. The van der Waals surface area contributed by atoms with Gasteiger partial charge >= 0.3 is 0 Å². The molecule has 1 nitrogen and oxygen atoms in total. The molecular formula is C13H9BrCl3N. The second-order valence-electron chi connectivity index (χ2n) is 3.71. The Morgan fingerprint density at radius 3 is 2.28 bits per heavy atom. The monoisotopic (exact) mass is 363 g/mol. The summed E-state index contributed by atoms with van der Waals surface area (Å²) >= 11 is 21.3. The average molecular weight is 365 g/mol. The molecule has 0 amide bonds. The van der Waals surface area contributed by atoms with Crippen LogP contribution in [0.5, 0.6) is 0 Å². The molecule has 2 aromatic carbocycles. The Hall–Kier alpha value is -0.410. The lowest BCUT2D eigenvalue weighted by atomic mass is 10.2. The summed E-state index contributed by atoms with van der Waals surface area (Å²) < 4.78 is 0.965. The van der Waals surface area contributed by atoms with Gasteiger partial charge in [-0.05, 0) is 35.9 Å². The van der Waals surface area contributed by atoms with Gasteiger partial charge in [-0.1, -0.05) is 56.8 Å². The minimum absolute atomic E-state index is 0.604. The van der Waals surface area contributed by atoms with E-state index in [-0.39, 0.29) is 0 Å². The summed E-state index contributed by atoms with van der Waals surface area (Å²) in [5.41, 5.74) is 1.95. The Morgan fingerprint density at radius 1 is 0.944 bits per heavy atom. The molecule has 0 atom stereocenters. The highest BCUT2D eigenvalue weighted by Gasteiger charge is 2.03. The fourth-order valence-electron chi connectivity index (χ4n) is 1.49. The van der Waals surface area contributed by atoms with Gasteiger partial charge in [-0.25, -0.2) is 0 Å². The van der Waals surface area contributed by atoms with Crippen LogP contribution in [-0.4, -0.2) is 0 Å². The lowest BCUT2D eigenvalue weighted by molar-refractivity contribution is 1.14. The fourth-order valence-corrected chi connectivity index (χ4v) is 2.79. The lowest BCUT2D eigenvalue weighted by Crippen LogP contribution is -2.00. The Bertz CT molecular complexity index is 521. The van der Waals surface area contributed by atoms with E-state index in [0.717, 1.165) is 15.7 Å². The summed E-state index contributed by atoms with van der Waals surface area (Å²) in [5.74, 6) is 0. The minimum atomic E-state index is 0.604. The van der Waals surface area contributed by atoms with E-state index in [1.54, 1.807) is 12.1 Å². The van der Waals surface area contributed by atoms with Gasteiger partial charge in [0.05, 0.1) is 10.7 Å². The first-order valence-corrected chi connectivity index (χ1v) is 7.12. The number of rotatable bonds is 3. The van der Waals surface area contributed by atoms with Crippen LogP contribution in [0.15, 0.2) is 40.9 Å². The van der Waals surface area contributed by atoms with Gasteiger partial charge in [0.2, 0.25) is 0 Å². The van der Waals surface area contributed by atoms with E-state index in [1.165, 1.54) is 0 Å². The molecule has 0 spiro atoms. The van der Waals surface area contributed by atoms with Crippen molar-refractivity contribution in [1.29, 1.82) is 0 Å². The van der Waals surface area contributed by atoms with Crippen LogP contribution >= 0.6 is 50.7 Å². The molecule has 2 aromatic rings. The smallest absolute Gasteiger partial charge is 0.0652 e. The quantitative estimate of drug-likeness (QED) is 0.701. The molecule has 18 heavy (non-hydrogen) atoms.